The van der Waals surface area contributed by atoms with Gasteiger partial charge >= 0.3 is 6.18 Å². The number of fused-ring (bicyclic) bond motifs is 1. The van der Waals surface area contributed by atoms with Crippen LogP contribution in [0.25, 0.3) is 10.9 Å². The van der Waals surface area contributed by atoms with E-state index in [1.807, 2.05) is 0 Å². The summed E-state index contributed by atoms with van der Waals surface area (Å²) in [6.45, 7) is 0.0215. The fourth-order valence-corrected chi connectivity index (χ4v) is 3.10. The van der Waals surface area contributed by atoms with E-state index in [9.17, 15) is 17.6 Å². The van der Waals surface area contributed by atoms with Crippen LogP contribution in [-0.2, 0) is 19.1 Å². The molecule has 8 heteroatoms. The van der Waals surface area contributed by atoms with Gasteiger partial charge in [-0.15, -0.1) is 0 Å². The third-order valence-electron chi connectivity index (χ3n) is 4.31. The van der Waals surface area contributed by atoms with Gasteiger partial charge in [-0.25, -0.2) is 4.39 Å². The number of hydrogen-bond donors (Lipinski definition) is 1. The number of hydrogen-bond acceptors (Lipinski definition) is 2. The first-order chi connectivity index (χ1) is 12.8. The van der Waals surface area contributed by atoms with Gasteiger partial charge in [0, 0.05) is 22.6 Å². The van der Waals surface area contributed by atoms with Crippen molar-refractivity contribution in [1.82, 2.24) is 9.78 Å². The lowest BCUT2D eigenvalue weighted by Gasteiger charge is -2.09. The van der Waals surface area contributed by atoms with Crippen LogP contribution in [0.3, 0.4) is 0 Å². The molecule has 3 rings (SSSR count). The first kappa shape index (κ1) is 19.6. The number of alkyl halides is 3. The Morgan fingerprint density at radius 3 is 2.52 bits per heavy atom. The molecule has 3 nitrogen and oxygen atoms in total. The van der Waals surface area contributed by atoms with Gasteiger partial charge in [0.15, 0.2) is 0 Å². The molecule has 3 aromatic rings. The van der Waals surface area contributed by atoms with Crippen LogP contribution in [0.4, 0.5) is 17.6 Å². The van der Waals surface area contributed by atoms with Crippen LogP contribution in [0.5, 0.6) is 0 Å². The normalized spacial score (nSPS) is 12.1. The van der Waals surface area contributed by atoms with Crippen LogP contribution < -0.4 is 0 Å². The van der Waals surface area contributed by atoms with Gasteiger partial charge in [0.1, 0.15) is 5.82 Å². The van der Waals surface area contributed by atoms with Crippen LogP contribution in [-0.4, -0.2) is 21.5 Å². The van der Waals surface area contributed by atoms with Crippen molar-refractivity contribution in [2.24, 2.45) is 0 Å². The van der Waals surface area contributed by atoms with Crippen molar-refractivity contribution in [3.05, 3.63) is 64.1 Å². The zero-order valence-corrected chi connectivity index (χ0v) is 15.0. The highest BCUT2D eigenvalue weighted by atomic mass is 35.5. The summed E-state index contributed by atoms with van der Waals surface area (Å²) >= 11 is 5.75. The van der Waals surface area contributed by atoms with Gasteiger partial charge in [0.25, 0.3) is 0 Å². The van der Waals surface area contributed by atoms with Gasteiger partial charge in [0.2, 0.25) is 0 Å². The van der Waals surface area contributed by atoms with E-state index in [1.54, 1.807) is 0 Å². The molecule has 0 saturated heterocycles. The highest BCUT2D eigenvalue weighted by molar-refractivity contribution is 6.30. The molecular formula is C19H17ClF4N2O. The maximum Gasteiger partial charge on any atom is 0.416 e. The lowest BCUT2D eigenvalue weighted by Crippen LogP contribution is -2.07. The van der Waals surface area contributed by atoms with Crippen LogP contribution in [0.2, 0.25) is 5.02 Å². The Kier molecular flexibility index (Phi) is 5.72. The van der Waals surface area contributed by atoms with Gasteiger partial charge < -0.3 is 5.11 Å². The largest absolute Gasteiger partial charge is 0.416 e. The Hall–Kier alpha value is -2.12. The number of aliphatic hydroxyl groups excluding tert-OH is 1. The molecule has 27 heavy (non-hydrogen) atoms. The number of benzene rings is 2. The van der Waals surface area contributed by atoms with Gasteiger partial charge in [-0.2, -0.15) is 18.3 Å². The molecule has 0 bridgehead atoms. The van der Waals surface area contributed by atoms with Gasteiger partial charge in [-0.05, 0) is 43.5 Å². The predicted octanol–water partition coefficient (Wildman–Crippen LogP) is 5.21. The van der Waals surface area contributed by atoms with E-state index >= 15 is 0 Å². The minimum Gasteiger partial charge on any atom is -0.396 e. The summed E-state index contributed by atoms with van der Waals surface area (Å²) in [5, 5.41) is 14.2. The van der Waals surface area contributed by atoms with E-state index in [-0.39, 0.29) is 29.3 Å². The van der Waals surface area contributed by atoms with Crippen LogP contribution in [0, 0.1) is 5.82 Å². The van der Waals surface area contributed by atoms with Gasteiger partial charge in [-0.3, -0.25) is 4.68 Å². The van der Waals surface area contributed by atoms with Crippen molar-refractivity contribution in [3.8, 4) is 0 Å². The predicted molar refractivity (Wildman–Crippen MR) is 95.3 cm³/mol. The summed E-state index contributed by atoms with van der Waals surface area (Å²) < 4.78 is 54.8. The van der Waals surface area contributed by atoms with E-state index in [2.05, 4.69) is 5.10 Å². The Balaban J connectivity index is 2.05. The topological polar surface area (TPSA) is 38.1 Å². The molecule has 144 valence electrons. The highest BCUT2D eigenvalue weighted by Gasteiger charge is 2.31. The summed E-state index contributed by atoms with van der Waals surface area (Å²) in [5.41, 5.74) is 0.414. The number of aliphatic hydroxyl groups is 1. The van der Waals surface area contributed by atoms with Crippen LogP contribution in [0.1, 0.15) is 29.7 Å². The minimum absolute atomic E-state index is 0.0131. The third-order valence-corrected chi connectivity index (χ3v) is 4.55. The van der Waals surface area contributed by atoms with Crippen molar-refractivity contribution >= 4 is 22.5 Å². The Labute approximate surface area is 158 Å². The quantitative estimate of drug-likeness (QED) is 0.455. The minimum atomic E-state index is -4.48. The zero-order chi connectivity index (χ0) is 19.6. The number of halogens is 5. The molecule has 0 saturated carbocycles. The molecule has 1 heterocycles. The molecular weight excluding hydrogens is 384 g/mol. The van der Waals surface area contributed by atoms with Gasteiger partial charge in [0.05, 0.1) is 23.3 Å². The summed E-state index contributed by atoms with van der Waals surface area (Å²) in [4.78, 5) is 0. The fraction of sp³-hybridized carbons (Fsp3) is 0.316. The van der Waals surface area contributed by atoms with Crippen molar-refractivity contribution in [2.75, 3.05) is 6.61 Å². The number of aromatic nitrogens is 2. The maximum atomic E-state index is 14.1. The van der Waals surface area contributed by atoms with E-state index < -0.39 is 17.6 Å². The number of nitrogens with zero attached hydrogens (tertiary/aromatic N) is 2. The Bertz CT molecular complexity index is 953. The molecule has 0 fully saturated rings. The van der Waals surface area contributed by atoms with Gasteiger partial charge in [-0.1, -0.05) is 23.7 Å². The number of rotatable bonds is 6. The molecule has 0 aliphatic rings. The molecule has 0 atom stereocenters. The molecule has 0 aliphatic heterocycles. The molecule has 0 spiro atoms. The fourth-order valence-electron chi connectivity index (χ4n) is 2.94. The zero-order valence-electron chi connectivity index (χ0n) is 14.2. The summed E-state index contributed by atoms with van der Waals surface area (Å²) in [6, 6.07) is 7.62. The van der Waals surface area contributed by atoms with E-state index in [1.165, 1.54) is 22.9 Å². The first-order valence-electron chi connectivity index (χ1n) is 8.41. The summed E-state index contributed by atoms with van der Waals surface area (Å²) in [7, 11) is 0. The average Bonchev–Trinajstić information content (AvgIpc) is 2.94. The molecule has 2 aromatic carbocycles. The molecule has 1 N–H and O–H groups in total. The van der Waals surface area contributed by atoms with Crippen molar-refractivity contribution in [2.45, 2.75) is 32.0 Å². The maximum absolute atomic E-state index is 14.1. The standard InChI is InChI=1S/C19H17ClF4N2O/c20-14-6-4-12(16(21)10-14)11-26-18-9-13(19(22,23)24)5-7-15(18)17(25-26)3-1-2-8-27/h4-7,9-10,27H,1-3,8,11H2. The average molecular weight is 401 g/mol. The first-order valence-corrected chi connectivity index (χ1v) is 8.79. The second kappa shape index (κ2) is 7.86. The van der Waals surface area contributed by atoms with Crippen LogP contribution in [0.15, 0.2) is 36.4 Å². The van der Waals surface area contributed by atoms with E-state index in [4.69, 9.17) is 16.7 Å². The van der Waals surface area contributed by atoms with E-state index in [0.717, 1.165) is 18.2 Å². The highest BCUT2D eigenvalue weighted by Crippen LogP contribution is 2.33. The molecule has 0 unspecified atom stereocenters. The van der Waals surface area contributed by atoms with Crippen molar-refractivity contribution < 1.29 is 22.7 Å². The number of unbranched alkanes of at least 4 members (excludes halogenated alkanes) is 1. The summed E-state index contributed by atoms with van der Waals surface area (Å²) in [5.74, 6) is -0.542. The molecule has 1 aromatic heterocycles. The van der Waals surface area contributed by atoms with Crippen LogP contribution >= 0.6 is 11.6 Å². The lowest BCUT2D eigenvalue weighted by molar-refractivity contribution is -0.137. The smallest absolute Gasteiger partial charge is 0.396 e. The summed E-state index contributed by atoms with van der Waals surface area (Å²) in [6.07, 6.45) is -2.75. The van der Waals surface area contributed by atoms with Crippen molar-refractivity contribution in [1.29, 1.82) is 0 Å². The monoisotopic (exact) mass is 400 g/mol. The second-order valence-corrected chi connectivity index (χ2v) is 6.69. The van der Waals surface area contributed by atoms with Crippen molar-refractivity contribution in [3.63, 3.8) is 0 Å². The molecule has 0 radical (unpaired) electrons. The third kappa shape index (κ3) is 4.42. The molecule has 0 amide bonds. The second-order valence-electron chi connectivity index (χ2n) is 6.25. The Morgan fingerprint density at radius 2 is 1.85 bits per heavy atom. The molecule has 0 aliphatic carbocycles. The van der Waals surface area contributed by atoms with E-state index in [0.29, 0.717) is 30.3 Å². The SMILES string of the molecule is OCCCCc1nn(Cc2ccc(Cl)cc2F)c2cc(C(F)(F)F)ccc12. The lowest BCUT2D eigenvalue weighted by atomic mass is 10.1. The Morgan fingerprint density at radius 1 is 1.07 bits per heavy atom. The number of aryl methyl sites for hydroxylation is 1.